The van der Waals surface area contributed by atoms with Crippen LogP contribution >= 0.6 is 0 Å². The number of furan rings is 1. The van der Waals surface area contributed by atoms with E-state index in [0.717, 1.165) is 11.0 Å². The van der Waals surface area contributed by atoms with Crippen LogP contribution < -0.4 is 5.73 Å². The van der Waals surface area contributed by atoms with Gasteiger partial charge in [-0.05, 0) is 18.2 Å². The highest BCUT2D eigenvalue weighted by atomic mass is 19.1. The Morgan fingerprint density at radius 2 is 2.19 bits per heavy atom. The van der Waals surface area contributed by atoms with Gasteiger partial charge < -0.3 is 19.8 Å². The van der Waals surface area contributed by atoms with Crippen molar-refractivity contribution in [3.8, 4) is 0 Å². The van der Waals surface area contributed by atoms with Gasteiger partial charge in [-0.1, -0.05) is 0 Å². The molecule has 0 fully saturated rings. The number of benzene rings is 1. The second-order valence-electron chi connectivity index (χ2n) is 4.58. The molecule has 0 spiro atoms. The maximum Gasteiger partial charge on any atom is 0.258 e. The molecule has 1 aromatic carbocycles. The van der Waals surface area contributed by atoms with Crippen molar-refractivity contribution in [1.82, 2.24) is 4.90 Å². The molecule has 0 aliphatic rings. The third-order valence-electron chi connectivity index (χ3n) is 3.19. The summed E-state index contributed by atoms with van der Waals surface area (Å²) in [5, 5.41) is 0.467. The van der Waals surface area contributed by atoms with E-state index in [2.05, 4.69) is 0 Å². The van der Waals surface area contributed by atoms with Gasteiger partial charge in [-0.15, -0.1) is 0 Å². The zero-order valence-corrected chi connectivity index (χ0v) is 11.6. The predicted molar refractivity (Wildman–Crippen MR) is 73.1 cm³/mol. The van der Waals surface area contributed by atoms with Crippen LogP contribution in [0.3, 0.4) is 0 Å². The molecule has 0 saturated carbocycles. The standard InChI is InChI=1S/C14H15FN2O4/c1-17(11(7-20-2)13(16)18)14(19)10-6-9(15)5-8-3-4-21-12(8)10/h3-6,11H,7H2,1-2H3,(H2,16,18)/t11-/m0/s1. The number of nitrogens with two attached hydrogens (primary N) is 1. The molecule has 2 amide bonds. The smallest absolute Gasteiger partial charge is 0.258 e. The maximum atomic E-state index is 13.6. The van der Waals surface area contributed by atoms with E-state index in [1.54, 1.807) is 6.07 Å². The zero-order chi connectivity index (χ0) is 15.6. The molecule has 112 valence electrons. The average molecular weight is 294 g/mol. The molecule has 2 aromatic rings. The highest BCUT2D eigenvalue weighted by molar-refractivity contribution is 6.06. The van der Waals surface area contributed by atoms with Crippen molar-refractivity contribution in [3.63, 3.8) is 0 Å². The molecule has 1 atom stereocenters. The van der Waals surface area contributed by atoms with Crippen molar-refractivity contribution in [2.45, 2.75) is 6.04 Å². The van der Waals surface area contributed by atoms with E-state index in [-0.39, 0.29) is 17.8 Å². The molecule has 21 heavy (non-hydrogen) atoms. The van der Waals surface area contributed by atoms with Crippen LogP contribution in [0.4, 0.5) is 4.39 Å². The SMILES string of the molecule is COC[C@@H](C(N)=O)N(C)C(=O)c1cc(F)cc2ccoc12. The molecule has 0 aliphatic heterocycles. The molecular weight excluding hydrogens is 279 g/mol. The van der Waals surface area contributed by atoms with Gasteiger partial charge in [0.05, 0.1) is 18.4 Å². The quantitative estimate of drug-likeness (QED) is 0.896. The molecule has 1 aromatic heterocycles. The summed E-state index contributed by atoms with van der Waals surface area (Å²) >= 11 is 0. The van der Waals surface area contributed by atoms with Crippen LogP contribution in [0.2, 0.25) is 0 Å². The Morgan fingerprint density at radius 1 is 1.48 bits per heavy atom. The Morgan fingerprint density at radius 3 is 2.81 bits per heavy atom. The lowest BCUT2D eigenvalue weighted by Gasteiger charge is -2.25. The number of fused-ring (bicyclic) bond motifs is 1. The highest BCUT2D eigenvalue weighted by Crippen LogP contribution is 2.23. The van der Waals surface area contributed by atoms with Gasteiger partial charge in [0.1, 0.15) is 17.4 Å². The lowest BCUT2D eigenvalue weighted by Crippen LogP contribution is -2.48. The molecule has 0 bridgehead atoms. The summed E-state index contributed by atoms with van der Waals surface area (Å²) in [6.45, 7) is -0.0474. The lowest BCUT2D eigenvalue weighted by molar-refractivity contribution is -0.123. The molecule has 6 nitrogen and oxygen atoms in total. The fourth-order valence-electron chi connectivity index (χ4n) is 2.08. The van der Waals surface area contributed by atoms with E-state index in [1.165, 1.54) is 26.5 Å². The second-order valence-corrected chi connectivity index (χ2v) is 4.58. The van der Waals surface area contributed by atoms with Gasteiger partial charge in [-0.25, -0.2) is 4.39 Å². The number of halogens is 1. The van der Waals surface area contributed by atoms with Crippen molar-refractivity contribution in [2.75, 3.05) is 20.8 Å². The van der Waals surface area contributed by atoms with Crippen LogP contribution in [0.5, 0.6) is 0 Å². The van der Waals surface area contributed by atoms with Gasteiger partial charge in [0, 0.05) is 19.5 Å². The van der Waals surface area contributed by atoms with Crippen molar-refractivity contribution in [2.24, 2.45) is 5.73 Å². The first kappa shape index (κ1) is 15.0. The number of primary amides is 1. The third-order valence-corrected chi connectivity index (χ3v) is 3.19. The van der Waals surface area contributed by atoms with Crippen molar-refractivity contribution < 1.29 is 23.1 Å². The minimum atomic E-state index is -0.948. The van der Waals surface area contributed by atoms with Crippen LogP contribution in [0.25, 0.3) is 11.0 Å². The van der Waals surface area contributed by atoms with Crippen LogP contribution in [0.15, 0.2) is 28.9 Å². The first-order valence-corrected chi connectivity index (χ1v) is 6.18. The second kappa shape index (κ2) is 5.92. The predicted octanol–water partition coefficient (Wildman–Crippen LogP) is 1.14. The largest absolute Gasteiger partial charge is 0.464 e. The first-order valence-electron chi connectivity index (χ1n) is 6.18. The Hall–Kier alpha value is -2.41. The number of hydrogen-bond acceptors (Lipinski definition) is 4. The topological polar surface area (TPSA) is 85.8 Å². The van der Waals surface area contributed by atoms with Crippen molar-refractivity contribution in [3.05, 3.63) is 35.8 Å². The highest BCUT2D eigenvalue weighted by Gasteiger charge is 2.27. The third kappa shape index (κ3) is 2.87. The zero-order valence-electron chi connectivity index (χ0n) is 11.6. The van der Waals surface area contributed by atoms with E-state index in [4.69, 9.17) is 14.9 Å². The Labute approximate surface area is 120 Å². The molecule has 2 N–H and O–H groups in total. The number of ether oxygens (including phenoxy) is 1. The van der Waals surface area contributed by atoms with Gasteiger partial charge in [-0.3, -0.25) is 9.59 Å². The fraction of sp³-hybridized carbons (Fsp3) is 0.286. The van der Waals surface area contributed by atoms with Gasteiger partial charge >= 0.3 is 0 Å². The minimum absolute atomic E-state index is 0.0276. The molecular formula is C14H15FN2O4. The minimum Gasteiger partial charge on any atom is -0.464 e. The summed E-state index contributed by atoms with van der Waals surface area (Å²) in [6, 6.07) is 2.93. The van der Waals surface area contributed by atoms with E-state index in [0.29, 0.717) is 5.39 Å². The number of rotatable bonds is 5. The number of methoxy groups -OCH3 is 1. The van der Waals surface area contributed by atoms with Crippen LogP contribution in [0, 0.1) is 5.82 Å². The van der Waals surface area contributed by atoms with Crippen molar-refractivity contribution >= 4 is 22.8 Å². The van der Waals surface area contributed by atoms with Crippen LogP contribution in [-0.2, 0) is 9.53 Å². The summed E-state index contributed by atoms with van der Waals surface area (Å²) in [6.07, 6.45) is 1.36. The van der Waals surface area contributed by atoms with Gasteiger partial charge in [0.15, 0.2) is 0 Å². The summed E-state index contributed by atoms with van der Waals surface area (Å²) in [5.74, 6) is -1.85. The summed E-state index contributed by atoms with van der Waals surface area (Å²) in [4.78, 5) is 25.0. The summed E-state index contributed by atoms with van der Waals surface area (Å²) in [7, 11) is 2.79. The number of carbonyl (C=O) groups is 2. The monoisotopic (exact) mass is 294 g/mol. The Kier molecular flexibility index (Phi) is 4.23. The number of hydrogen-bond donors (Lipinski definition) is 1. The molecule has 1 heterocycles. The van der Waals surface area contributed by atoms with E-state index in [1.807, 2.05) is 0 Å². The van der Waals surface area contributed by atoms with Crippen molar-refractivity contribution in [1.29, 1.82) is 0 Å². The molecule has 0 aliphatic carbocycles. The number of nitrogens with zero attached hydrogens (tertiary/aromatic N) is 1. The Balaban J connectivity index is 2.41. The summed E-state index contributed by atoms with van der Waals surface area (Å²) < 4.78 is 23.7. The first-order chi connectivity index (χ1) is 9.95. The lowest BCUT2D eigenvalue weighted by atomic mass is 10.1. The van der Waals surface area contributed by atoms with Crippen LogP contribution in [0.1, 0.15) is 10.4 Å². The van der Waals surface area contributed by atoms with E-state index < -0.39 is 23.7 Å². The number of carbonyl (C=O) groups excluding carboxylic acids is 2. The molecule has 7 heteroatoms. The molecule has 0 saturated heterocycles. The fourth-order valence-corrected chi connectivity index (χ4v) is 2.08. The van der Waals surface area contributed by atoms with Gasteiger partial charge in [-0.2, -0.15) is 0 Å². The average Bonchev–Trinajstić information content (AvgIpc) is 2.89. The van der Waals surface area contributed by atoms with E-state index in [9.17, 15) is 14.0 Å². The molecule has 0 unspecified atom stereocenters. The maximum absolute atomic E-state index is 13.6. The summed E-state index contributed by atoms with van der Waals surface area (Å²) in [5.41, 5.74) is 5.54. The number of likely N-dealkylation sites (N-methyl/N-ethyl adjacent to an activating group) is 1. The van der Waals surface area contributed by atoms with Gasteiger partial charge in [0.2, 0.25) is 5.91 Å². The van der Waals surface area contributed by atoms with Crippen LogP contribution in [-0.4, -0.2) is 43.5 Å². The van der Waals surface area contributed by atoms with E-state index >= 15 is 0 Å². The normalized spacial score (nSPS) is 12.3. The van der Waals surface area contributed by atoms with Gasteiger partial charge in [0.25, 0.3) is 5.91 Å². The molecule has 2 rings (SSSR count). The Bertz CT molecular complexity index is 683. The number of amides is 2. The molecule has 0 radical (unpaired) electrons.